The summed E-state index contributed by atoms with van der Waals surface area (Å²) in [5, 5.41) is 11.4. The minimum atomic E-state index is -1.29. The van der Waals surface area contributed by atoms with Gasteiger partial charge in [-0.3, -0.25) is 4.79 Å². The molecule has 158 valence electrons. The molecule has 0 bridgehead atoms. The Morgan fingerprint density at radius 1 is 1.00 bits per heavy atom. The number of benzene rings is 2. The summed E-state index contributed by atoms with van der Waals surface area (Å²) in [7, 11) is 1.61. The monoisotopic (exact) mass is 407 g/mol. The van der Waals surface area contributed by atoms with E-state index in [0.29, 0.717) is 11.1 Å². The summed E-state index contributed by atoms with van der Waals surface area (Å²) in [5.41, 5.74) is 4.22. The molecule has 1 N–H and O–H groups in total. The lowest BCUT2D eigenvalue weighted by atomic mass is 9.91. The Balaban J connectivity index is 2.52. The Labute approximate surface area is 176 Å². The number of nitrogens with zero attached hydrogens (tertiary/aromatic N) is 1. The number of ether oxygens (including phenoxy) is 1. The molecule has 1 aromatic heterocycles. The second kappa shape index (κ2) is 7.73. The molecule has 0 aliphatic heterocycles. The number of fused-ring (bicyclic) bond motifs is 1. The Kier molecular flexibility index (Phi) is 5.61. The highest BCUT2D eigenvalue weighted by Gasteiger charge is 2.33. The smallest absolute Gasteiger partial charge is 0.339 e. The van der Waals surface area contributed by atoms with Crippen molar-refractivity contribution in [3.8, 4) is 11.1 Å². The quantitative estimate of drug-likeness (QED) is 0.655. The first-order chi connectivity index (χ1) is 13.9. The minimum absolute atomic E-state index is 0.239. The first-order valence-corrected chi connectivity index (χ1v) is 10.0. The van der Waals surface area contributed by atoms with Crippen LogP contribution in [0.3, 0.4) is 0 Å². The number of aromatic nitrogens is 1. The number of carboxylic acid groups (broad SMARTS) is 1. The fourth-order valence-electron chi connectivity index (χ4n) is 3.73. The second-order valence-electron chi connectivity index (χ2n) is 8.92. The van der Waals surface area contributed by atoms with Crippen LogP contribution in [0.15, 0.2) is 41.2 Å². The van der Waals surface area contributed by atoms with Crippen molar-refractivity contribution in [3.05, 3.63) is 69.1 Å². The summed E-state index contributed by atoms with van der Waals surface area (Å²) in [6.07, 6.45) is -1.29. The molecule has 30 heavy (non-hydrogen) atoms. The van der Waals surface area contributed by atoms with Crippen LogP contribution in [0, 0.1) is 20.8 Å². The third-order valence-electron chi connectivity index (χ3n) is 5.34. The van der Waals surface area contributed by atoms with E-state index in [1.807, 2.05) is 77.9 Å². The van der Waals surface area contributed by atoms with Crippen LogP contribution in [0.25, 0.3) is 21.9 Å². The van der Waals surface area contributed by atoms with Crippen molar-refractivity contribution in [2.75, 3.05) is 0 Å². The highest BCUT2D eigenvalue weighted by Crippen LogP contribution is 2.37. The molecule has 0 spiro atoms. The van der Waals surface area contributed by atoms with Crippen molar-refractivity contribution in [1.82, 2.24) is 4.57 Å². The highest BCUT2D eigenvalue weighted by molar-refractivity contribution is 5.99. The van der Waals surface area contributed by atoms with Crippen molar-refractivity contribution in [2.24, 2.45) is 7.05 Å². The zero-order valence-corrected chi connectivity index (χ0v) is 18.7. The third kappa shape index (κ3) is 4.03. The first kappa shape index (κ1) is 21.8. The second-order valence-corrected chi connectivity index (χ2v) is 8.92. The van der Waals surface area contributed by atoms with Gasteiger partial charge in [0, 0.05) is 18.0 Å². The van der Waals surface area contributed by atoms with Crippen LogP contribution in [-0.2, 0) is 16.6 Å². The van der Waals surface area contributed by atoms with Crippen LogP contribution in [0.1, 0.15) is 49.3 Å². The van der Waals surface area contributed by atoms with Gasteiger partial charge in [-0.25, -0.2) is 4.79 Å². The van der Waals surface area contributed by atoms with Crippen LogP contribution in [0.2, 0.25) is 0 Å². The molecule has 0 aliphatic rings. The molecule has 5 heteroatoms. The van der Waals surface area contributed by atoms with Gasteiger partial charge in [0.25, 0.3) is 5.56 Å². The van der Waals surface area contributed by atoms with Gasteiger partial charge in [-0.15, -0.1) is 0 Å². The van der Waals surface area contributed by atoms with Crippen LogP contribution >= 0.6 is 0 Å². The zero-order valence-electron chi connectivity index (χ0n) is 18.7. The Bertz CT molecular complexity index is 1200. The van der Waals surface area contributed by atoms with Crippen molar-refractivity contribution < 1.29 is 14.6 Å². The fourth-order valence-corrected chi connectivity index (χ4v) is 3.73. The molecule has 1 heterocycles. The van der Waals surface area contributed by atoms with E-state index in [2.05, 4.69) is 0 Å². The normalized spacial score (nSPS) is 12.9. The van der Waals surface area contributed by atoms with E-state index in [0.717, 1.165) is 33.2 Å². The topological polar surface area (TPSA) is 68.5 Å². The predicted molar refractivity (Wildman–Crippen MR) is 120 cm³/mol. The van der Waals surface area contributed by atoms with Gasteiger partial charge in [0.15, 0.2) is 6.10 Å². The molecule has 0 aliphatic carbocycles. The van der Waals surface area contributed by atoms with Crippen LogP contribution < -0.4 is 5.56 Å². The number of carboxylic acids is 1. The van der Waals surface area contributed by atoms with E-state index in [4.69, 9.17) is 4.74 Å². The number of carbonyl (C=O) groups is 1. The molecule has 1 atom stereocenters. The van der Waals surface area contributed by atoms with Crippen molar-refractivity contribution in [2.45, 2.75) is 53.2 Å². The summed E-state index contributed by atoms with van der Waals surface area (Å²) in [5.74, 6) is -1.13. The average Bonchev–Trinajstić information content (AvgIpc) is 2.64. The van der Waals surface area contributed by atoms with Crippen LogP contribution in [0.5, 0.6) is 0 Å². The molecule has 5 nitrogen and oxygen atoms in total. The first-order valence-electron chi connectivity index (χ1n) is 10.0. The maximum Gasteiger partial charge on any atom is 0.339 e. The molecule has 3 aromatic rings. The van der Waals surface area contributed by atoms with E-state index in [1.54, 1.807) is 7.05 Å². The van der Waals surface area contributed by atoms with Gasteiger partial charge in [0.2, 0.25) is 0 Å². The number of aryl methyl sites for hydroxylation is 3. The molecule has 0 amide bonds. The summed E-state index contributed by atoms with van der Waals surface area (Å²) >= 11 is 0. The van der Waals surface area contributed by atoms with Gasteiger partial charge in [-0.05, 0) is 69.7 Å². The molecule has 2 aromatic carbocycles. The lowest BCUT2D eigenvalue weighted by Gasteiger charge is -2.28. The van der Waals surface area contributed by atoms with Gasteiger partial charge < -0.3 is 14.4 Å². The number of pyridine rings is 1. The predicted octanol–water partition coefficient (Wildman–Crippen LogP) is 5.07. The number of hydrogen-bond donors (Lipinski definition) is 1. The largest absolute Gasteiger partial charge is 0.479 e. The maximum atomic E-state index is 13.2. The summed E-state index contributed by atoms with van der Waals surface area (Å²) in [6.45, 7) is 11.4. The number of aliphatic carboxylic acids is 1. The Morgan fingerprint density at radius 2 is 1.67 bits per heavy atom. The Hall–Kier alpha value is -2.92. The van der Waals surface area contributed by atoms with E-state index >= 15 is 0 Å². The van der Waals surface area contributed by atoms with Crippen LogP contribution in [0.4, 0.5) is 0 Å². The van der Waals surface area contributed by atoms with E-state index in [1.165, 1.54) is 4.57 Å². The highest BCUT2D eigenvalue weighted by atomic mass is 16.5. The molecule has 3 rings (SSSR count). The average molecular weight is 408 g/mol. The van der Waals surface area contributed by atoms with E-state index < -0.39 is 17.7 Å². The van der Waals surface area contributed by atoms with Gasteiger partial charge in [0.05, 0.1) is 11.3 Å². The lowest BCUT2D eigenvalue weighted by Crippen LogP contribution is -2.33. The standard InChI is InChI=1S/C25H29NO4/c1-14-8-11-18-19(12-14)20(17-10-9-15(2)16(3)13-17)21(26(7)23(18)27)22(24(28)29)30-25(4,5)6/h8-13,22H,1-7H3,(H,28,29). The van der Waals surface area contributed by atoms with Gasteiger partial charge >= 0.3 is 5.97 Å². The van der Waals surface area contributed by atoms with Crippen molar-refractivity contribution >= 4 is 16.7 Å². The van der Waals surface area contributed by atoms with Crippen molar-refractivity contribution in [3.63, 3.8) is 0 Å². The molecule has 0 radical (unpaired) electrons. The summed E-state index contributed by atoms with van der Waals surface area (Å²) in [4.78, 5) is 25.5. The molecule has 0 saturated carbocycles. The molecule has 1 unspecified atom stereocenters. The molecular formula is C25H29NO4. The van der Waals surface area contributed by atoms with E-state index in [-0.39, 0.29) is 5.56 Å². The number of rotatable bonds is 4. The van der Waals surface area contributed by atoms with Gasteiger partial charge in [-0.2, -0.15) is 0 Å². The third-order valence-corrected chi connectivity index (χ3v) is 5.34. The zero-order chi connectivity index (χ0) is 22.4. The maximum absolute atomic E-state index is 13.2. The SMILES string of the molecule is Cc1ccc2c(=O)n(C)c(C(OC(C)(C)C)C(=O)O)c(-c3ccc(C)c(C)c3)c2c1. The van der Waals surface area contributed by atoms with Gasteiger partial charge in [-0.1, -0.05) is 35.9 Å². The summed E-state index contributed by atoms with van der Waals surface area (Å²) in [6, 6.07) is 11.7. The number of hydrogen-bond acceptors (Lipinski definition) is 3. The Morgan fingerprint density at radius 3 is 2.23 bits per heavy atom. The van der Waals surface area contributed by atoms with Gasteiger partial charge in [0.1, 0.15) is 0 Å². The van der Waals surface area contributed by atoms with Crippen LogP contribution in [-0.4, -0.2) is 21.2 Å². The van der Waals surface area contributed by atoms with E-state index in [9.17, 15) is 14.7 Å². The fraction of sp³-hybridized carbons (Fsp3) is 0.360. The lowest BCUT2D eigenvalue weighted by molar-refractivity contribution is -0.161. The molecule has 0 saturated heterocycles. The summed E-state index contributed by atoms with van der Waals surface area (Å²) < 4.78 is 7.38. The molecular weight excluding hydrogens is 378 g/mol. The van der Waals surface area contributed by atoms with Crippen molar-refractivity contribution in [1.29, 1.82) is 0 Å². The minimum Gasteiger partial charge on any atom is -0.479 e. The molecule has 0 fully saturated rings.